The van der Waals surface area contributed by atoms with Crippen LogP contribution in [0.25, 0.3) is 0 Å². The summed E-state index contributed by atoms with van der Waals surface area (Å²) >= 11 is 0. The van der Waals surface area contributed by atoms with Gasteiger partial charge in [0.2, 0.25) is 0 Å². The number of ether oxygens (including phenoxy) is 1. The molecule has 1 aliphatic heterocycles. The minimum absolute atomic E-state index is 0.0743. The highest BCUT2D eigenvalue weighted by molar-refractivity contribution is 4.91. The SMILES string of the molecule is CC1(C)CC(NC2CCCCC2C2CCCCC2)CCO1. The quantitative estimate of drug-likeness (QED) is 0.816. The van der Waals surface area contributed by atoms with Crippen LogP contribution in [0.2, 0.25) is 0 Å². The summed E-state index contributed by atoms with van der Waals surface area (Å²) in [5.74, 6) is 1.98. The van der Waals surface area contributed by atoms with Crippen LogP contribution in [0, 0.1) is 11.8 Å². The van der Waals surface area contributed by atoms with Crippen LogP contribution >= 0.6 is 0 Å². The van der Waals surface area contributed by atoms with Gasteiger partial charge in [-0.3, -0.25) is 0 Å². The molecule has 2 saturated carbocycles. The Bertz CT molecular complexity index is 322. The molecule has 3 atom stereocenters. The van der Waals surface area contributed by atoms with Gasteiger partial charge in [0.15, 0.2) is 0 Å². The Balaban J connectivity index is 1.58. The van der Waals surface area contributed by atoms with Crippen molar-refractivity contribution in [2.45, 2.75) is 102 Å². The fourth-order valence-electron chi connectivity index (χ4n) is 5.17. The number of hydrogen-bond acceptors (Lipinski definition) is 2. The third kappa shape index (κ3) is 4.22. The zero-order chi connectivity index (χ0) is 14.7. The van der Waals surface area contributed by atoms with Gasteiger partial charge < -0.3 is 10.1 Å². The summed E-state index contributed by atoms with van der Waals surface area (Å²) in [5, 5.41) is 4.08. The summed E-state index contributed by atoms with van der Waals surface area (Å²) in [6.45, 7) is 5.44. The highest BCUT2D eigenvalue weighted by atomic mass is 16.5. The van der Waals surface area contributed by atoms with Crippen molar-refractivity contribution in [3.63, 3.8) is 0 Å². The highest BCUT2D eigenvalue weighted by Gasteiger charge is 2.36. The molecule has 2 heteroatoms. The molecule has 0 bridgehead atoms. The molecule has 3 unspecified atom stereocenters. The first-order valence-corrected chi connectivity index (χ1v) is 9.54. The molecule has 122 valence electrons. The second-order valence-corrected chi connectivity index (χ2v) is 8.42. The lowest BCUT2D eigenvalue weighted by molar-refractivity contribution is -0.0663. The monoisotopic (exact) mass is 293 g/mol. The molecule has 2 nitrogen and oxygen atoms in total. The lowest BCUT2D eigenvalue weighted by atomic mass is 9.70. The molecular formula is C19H35NO. The van der Waals surface area contributed by atoms with Crippen LogP contribution in [0.4, 0.5) is 0 Å². The fraction of sp³-hybridized carbons (Fsp3) is 1.00. The summed E-state index contributed by atoms with van der Waals surface area (Å²) in [6, 6.07) is 1.48. The summed E-state index contributed by atoms with van der Waals surface area (Å²) in [7, 11) is 0. The Morgan fingerprint density at radius 1 is 0.857 bits per heavy atom. The molecule has 0 aromatic heterocycles. The van der Waals surface area contributed by atoms with Crippen LogP contribution in [0.3, 0.4) is 0 Å². The van der Waals surface area contributed by atoms with Crippen LogP contribution in [0.5, 0.6) is 0 Å². The third-order valence-corrected chi connectivity index (χ3v) is 6.22. The predicted octanol–water partition coefficient (Wildman–Crippen LogP) is 4.67. The molecule has 2 aliphatic carbocycles. The number of hydrogen-bond donors (Lipinski definition) is 1. The van der Waals surface area contributed by atoms with E-state index in [1.807, 2.05) is 0 Å². The lowest BCUT2D eigenvalue weighted by Gasteiger charge is -2.43. The van der Waals surface area contributed by atoms with Gasteiger partial charge in [0, 0.05) is 18.7 Å². The van der Waals surface area contributed by atoms with Crippen LogP contribution < -0.4 is 5.32 Å². The maximum Gasteiger partial charge on any atom is 0.0641 e. The molecule has 1 N–H and O–H groups in total. The molecule has 3 aliphatic rings. The van der Waals surface area contributed by atoms with Gasteiger partial charge in [-0.05, 0) is 51.4 Å². The Morgan fingerprint density at radius 3 is 2.33 bits per heavy atom. The summed E-state index contributed by atoms with van der Waals surface area (Å²) < 4.78 is 5.89. The normalized spacial score (nSPS) is 38.3. The molecule has 3 rings (SSSR count). The van der Waals surface area contributed by atoms with Crippen molar-refractivity contribution in [2.75, 3.05) is 6.61 Å². The maximum absolute atomic E-state index is 5.89. The third-order valence-electron chi connectivity index (χ3n) is 6.22. The Hall–Kier alpha value is -0.0800. The van der Waals surface area contributed by atoms with Crippen molar-refractivity contribution in [1.82, 2.24) is 5.32 Å². The second-order valence-electron chi connectivity index (χ2n) is 8.42. The van der Waals surface area contributed by atoms with E-state index in [1.54, 1.807) is 0 Å². The topological polar surface area (TPSA) is 21.3 Å². The maximum atomic E-state index is 5.89. The zero-order valence-electron chi connectivity index (χ0n) is 14.2. The van der Waals surface area contributed by atoms with E-state index in [0.717, 1.165) is 24.5 Å². The van der Waals surface area contributed by atoms with Gasteiger partial charge in [0.25, 0.3) is 0 Å². The molecule has 21 heavy (non-hydrogen) atoms. The predicted molar refractivity (Wildman–Crippen MR) is 88.5 cm³/mol. The van der Waals surface area contributed by atoms with Crippen LogP contribution in [-0.2, 0) is 4.74 Å². The van der Waals surface area contributed by atoms with E-state index in [0.29, 0.717) is 6.04 Å². The first kappa shape index (κ1) is 15.8. The Labute approximate surface area is 131 Å². The smallest absolute Gasteiger partial charge is 0.0641 e. The van der Waals surface area contributed by atoms with Gasteiger partial charge in [0.1, 0.15) is 0 Å². The van der Waals surface area contributed by atoms with Crippen molar-refractivity contribution in [1.29, 1.82) is 0 Å². The first-order valence-electron chi connectivity index (χ1n) is 9.54. The average Bonchev–Trinajstić information content (AvgIpc) is 2.48. The van der Waals surface area contributed by atoms with E-state index in [9.17, 15) is 0 Å². The van der Waals surface area contributed by atoms with Gasteiger partial charge >= 0.3 is 0 Å². The molecule has 0 aromatic carbocycles. The number of rotatable bonds is 3. The summed E-state index contributed by atoms with van der Waals surface area (Å²) in [4.78, 5) is 0. The van der Waals surface area contributed by atoms with Gasteiger partial charge in [-0.1, -0.05) is 44.9 Å². The Morgan fingerprint density at radius 2 is 1.57 bits per heavy atom. The van der Waals surface area contributed by atoms with Crippen LogP contribution in [0.15, 0.2) is 0 Å². The molecule has 3 fully saturated rings. The van der Waals surface area contributed by atoms with Crippen molar-refractivity contribution in [2.24, 2.45) is 11.8 Å². The molecule has 0 amide bonds. The molecular weight excluding hydrogens is 258 g/mol. The molecule has 0 radical (unpaired) electrons. The van der Waals surface area contributed by atoms with E-state index in [2.05, 4.69) is 19.2 Å². The van der Waals surface area contributed by atoms with Gasteiger partial charge in [-0.25, -0.2) is 0 Å². The largest absolute Gasteiger partial charge is 0.375 e. The van der Waals surface area contributed by atoms with Crippen LogP contribution in [-0.4, -0.2) is 24.3 Å². The molecule has 1 heterocycles. The zero-order valence-corrected chi connectivity index (χ0v) is 14.2. The number of nitrogens with one attached hydrogen (secondary N) is 1. The van der Waals surface area contributed by atoms with Crippen molar-refractivity contribution < 1.29 is 4.74 Å². The van der Waals surface area contributed by atoms with E-state index in [-0.39, 0.29) is 5.60 Å². The lowest BCUT2D eigenvalue weighted by Crippen LogP contribution is -2.51. The minimum atomic E-state index is 0.0743. The average molecular weight is 293 g/mol. The van der Waals surface area contributed by atoms with E-state index < -0.39 is 0 Å². The summed E-state index contributed by atoms with van der Waals surface area (Å²) in [5.41, 5.74) is 0.0743. The van der Waals surface area contributed by atoms with Crippen molar-refractivity contribution >= 4 is 0 Å². The van der Waals surface area contributed by atoms with Gasteiger partial charge in [-0.2, -0.15) is 0 Å². The van der Waals surface area contributed by atoms with Crippen LogP contribution in [0.1, 0.15) is 84.5 Å². The van der Waals surface area contributed by atoms with Crippen molar-refractivity contribution in [3.8, 4) is 0 Å². The van der Waals surface area contributed by atoms with Crippen molar-refractivity contribution in [3.05, 3.63) is 0 Å². The van der Waals surface area contributed by atoms with Gasteiger partial charge in [0.05, 0.1) is 5.60 Å². The molecule has 1 saturated heterocycles. The van der Waals surface area contributed by atoms with Gasteiger partial charge in [-0.15, -0.1) is 0 Å². The van der Waals surface area contributed by atoms with E-state index in [1.165, 1.54) is 70.6 Å². The standard InChI is InChI=1S/C19H35NO/c1-19(2)14-16(12-13-21-19)20-18-11-7-6-10-17(18)15-8-4-3-5-9-15/h15-18,20H,3-14H2,1-2H3. The minimum Gasteiger partial charge on any atom is -0.375 e. The highest BCUT2D eigenvalue weighted by Crippen LogP contribution is 2.39. The summed E-state index contributed by atoms with van der Waals surface area (Å²) in [6.07, 6.45) is 15.6. The molecule has 0 aromatic rings. The fourth-order valence-corrected chi connectivity index (χ4v) is 5.17. The van der Waals surface area contributed by atoms with E-state index >= 15 is 0 Å². The molecule has 0 spiro atoms. The Kier molecular flexibility index (Phi) is 5.27. The first-order chi connectivity index (χ1) is 10.1. The second kappa shape index (κ2) is 7.00. The van der Waals surface area contributed by atoms with E-state index in [4.69, 9.17) is 4.74 Å².